The van der Waals surface area contributed by atoms with E-state index in [2.05, 4.69) is 15.2 Å². The van der Waals surface area contributed by atoms with Crippen molar-refractivity contribution >= 4 is 0 Å². The normalized spacial score (nSPS) is 11.0. The summed E-state index contributed by atoms with van der Waals surface area (Å²) in [6.07, 6.45) is -1.71. The number of hydrogen-bond acceptors (Lipinski definition) is 5. The highest BCUT2D eigenvalue weighted by Gasteiger charge is 2.18. The number of nitrogens with zero attached hydrogens (tertiary/aromatic N) is 3. The zero-order chi connectivity index (χ0) is 17.1. The molecular formula is C15H9F4N3O2. The van der Waals surface area contributed by atoms with Gasteiger partial charge in [0, 0.05) is 6.20 Å². The first-order valence-electron chi connectivity index (χ1n) is 6.67. The maximum absolute atomic E-state index is 14.0. The maximum atomic E-state index is 14.0. The second-order valence-electron chi connectivity index (χ2n) is 4.64. The zero-order valence-electron chi connectivity index (χ0n) is 11.9. The van der Waals surface area contributed by atoms with Gasteiger partial charge in [0.05, 0.1) is 5.56 Å². The van der Waals surface area contributed by atoms with Gasteiger partial charge in [-0.25, -0.2) is 8.78 Å². The molecule has 0 amide bonds. The van der Waals surface area contributed by atoms with Gasteiger partial charge in [-0.2, -0.15) is 8.78 Å². The van der Waals surface area contributed by atoms with E-state index in [1.807, 2.05) is 0 Å². The molecule has 1 aromatic carbocycles. The average Bonchev–Trinajstić information content (AvgIpc) is 3.05. The predicted octanol–water partition coefficient (Wildman–Crippen LogP) is 3.93. The Morgan fingerprint density at radius 2 is 1.83 bits per heavy atom. The molecule has 3 aromatic rings. The lowest BCUT2D eigenvalue weighted by molar-refractivity contribution is 0.116. The minimum atomic E-state index is -2.91. The van der Waals surface area contributed by atoms with E-state index in [-0.39, 0.29) is 23.8 Å². The second-order valence-corrected chi connectivity index (χ2v) is 4.64. The molecule has 9 heteroatoms. The molecule has 2 heterocycles. The molecular weight excluding hydrogens is 330 g/mol. The van der Waals surface area contributed by atoms with Crippen LogP contribution in [0.15, 0.2) is 40.9 Å². The Hall–Kier alpha value is -2.97. The van der Waals surface area contributed by atoms with E-state index in [0.29, 0.717) is 5.75 Å². The molecule has 0 saturated heterocycles. The zero-order valence-corrected chi connectivity index (χ0v) is 11.9. The van der Waals surface area contributed by atoms with Gasteiger partial charge in [-0.05, 0) is 30.3 Å². The molecule has 0 atom stereocenters. The fourth-order valence-electron chi connectivity index (χ4n) is 1.81. The largest absolute Gasteiger partial charge is 0.487 e. The van der Waals surface area contributed by atoms with E-state index in [1.165, 1.54) is 30.5 Å². The van der Waals surface area contributed by atoms with Crippen molar-refractivity contribution in [1.29, 1.82) is 0 Å². The Bertz CT molecular complexity index is 837. The summed E-state index contributed by atoms with van der Waals surface area (Å²) in [5.41, 5.74) is 0.0501. The van der Waals surface area contributed by atoms with Crippen LogP contribution in [0.3, 0.4) is 0 Å². The lowest BCUT2D eigenvalue weighted by atomic mass is 10.2. The van der Waals surface area contributed by atoms with Crippen LogP contribution in [0.1, 0.15) is 18.0 Å². The van der Waals surface area contributed by atoms with Crippen molar-refractivity contribution in [2.24, 2.45) is 0 Å². The van der Waals surface area contributed by atoms with E-state index >= 15 is 0 Å². The average molecular weight is 339 g/mol. The number of aromatic nitrogens is 3. The topological polar surface area (TPSA) is 61.0 Å². The maximum Gasteiger partial charge on any atom is 0.314 e. The van der Waals surface area contributed by atoms with Crippen LogP contribution in [0.25, 0.3) is 11.5 Å². The fraction of sp³-hybridized carbons (Fsp3) is 0.133. The van der Waals surface area contributed by atoms with Crippen LogP contribution in [-0.4, -0.2) is 15.2 Å². The van der Waals surface area contributed by atoms with E-state index in [4.69, 9.17) is 9.15 Å². The molecule has 0 unspecified atom stereocenters. The standard InChI is InChI=1S/C15H9F4N3O2/c16-9-1-3-10(4-2-9)23-7-12-11(17)5-8(6-20-12)14-21-22-15(24-14)13(18)19/h1-6,13H,7H2. The van der Waals surface area contributed by atoms with Gasteiger partial charge < -0.3 is 9.15 Å². The number of alkyl halides is 2. The van der Waals surface area contributed by atoms with Crippen molar-refractivity contribution in [3.8, 4) is 17.2 Å². The van der Waals surface area contributed by atoms with Crippen LogP contribution in [0.4, 0.5) is 17.6 Å². The number of pyridine rings is 1. The lowest BCUT2D eigenvalue weighted by Crippen LogP contribution is -2.02. The monoisotopic (exact) mass is 339 g/mol. The number of hydrogen-bond donors (Lipinski definition) is 0. The smallest absolute Gasteiger partial charge is 0.314 e. The summed E-state index contributed by atoms with van der Waals surface area (Å²) in [6, 6.07) is 6.23. The third-order valence-electron chi connectivity index (χ3n) is 2.98. The van der Waals surface area contributed by atoms with Crippen LogP contribution in [-0.2, 0) is 6.61 Å². The number of ether oxygens (including phenoxy) is 1. The highest BCUT2D eigenvalue weighted by atomic mass is 19.3. The summed E-state index contributed by atoms with van der Waals surface area (Å²) in [5.74, 6) is -1.91. The van der Waals surface area contributed by atoms with Crippen molar-refractivity contribution in [3.05, 3.63) is 59.7 Å². The van der Waals surface area contributed by atoms with Crippen molar-refractivity contribution < 1.29 is 26.7 Å². The van der Waals surface area contributed by atoms with E-state index < -0.39 is 24.0 Å². The minimum Gasteiger partial charge on any atom is -0.487 e. The van der Waals surface area contributed by atoms with E-state index in [0.717, 1.165) is 6.07 Å². The Morgan fingerprint density at radius 1 is 1.08 bits per heavy atom. The van der Waals surface area contributed by atoms with Gasteiger partial charge in [0.2, 0.25) is 5.89 Å². The molecule has 0 radical (unpaired) electrons. The first-order valence-corrected chi connectivity index (χ1v) is 6.67. The SMILES string of the molecule is Fc1ccc(OCc2ncc(-c3nnc(C(F)F)o3)cc2F)cc1. The van der Waals surface area contributed by atoms with E-state index in [9.17, 15) is 17.6 Å². The van der Waals surface area contributed by atoms with Crippen LogP contribution in [0.2, 0.25) is 0 Å². The quantitative estimate of drug-likeness (QED) is 0.659. The molecule has 5 nitrogen and oxygen atoms in total. The summed E-state index contributed by atoms with van der Waals surface area (Å²) >= 11 is 0. The summed E-state index contributed by atoms with van der Waals surface area (Å²) in [5, 5.41) is 6.57. The number of rotatable bonds is 5. The Kier molecular flexibility index (Phi) is 4.41. The molecule has 0 fully saturated rings. The second kappa shape index (κ2) is 6.65. The third-order valence-corrected chi connectivity index (χ3v) is 2.98. The van der Waals surface area contributed by atoms with Gasteiger partial charge in [-0.15, -0.1) is 10.2 Å². The molecule has 0 spiro atoms. The van der Waals surface area contributed by atoms with Gasteiger partial charge >= 0.3 is 6.43 Å². The Morgan fingerprint density at radius 3 is 2.46 bits per heavy atom. The highest BCUT2D eigenvalue weighted by Crippen LogP contribution is 2.24. The Labute approximate surface area is 132 Å². The van der Waals surface area contributed by atoms with Crippen molar-refractivity contribution in [2.45, 2.75) is 13.0 Å². The first-order chi connectivity index (χ1) is 11.5. The fourth-order valence-corrected chi connectivity index (χ4v) is 1.81. The van der Waals surface area contributed by atoms with Crippen LogP contribution < -0.4 is 4.74 Å². The molecule has 24 heavy (non-hydrogen) atoms. The molecule has 0 aliphatic rings. The predicted molar refractivity (Wildman–Crippen MR) is 73.2 cm³/mol. The number of halogens is 4. The lowest BCUT2D eigenvalue weighted by Gasteiger charge is -2.07. The first kappa shape index (κ1) is 15.9. The van der Waals surface area contributed by atoms with Crippen molar-refractivity contribution in [1.82, 2.24) is 15.2 Å². The van der Waals surface area contributed by atoms with Crippen LogP contribution in [0.5, 0.6) is 5.75 Å². The third kappa shape index (κ3) is 3.50. The molecule has 0 bridgehead atoms. The molecule has 0 N–H and O–H groups in total. The highest BCUT2D eigenvalue weighted by molar-refractivity contribution is 5.51. The van der Waals surface area contributed by atoms with Gasteiger partial charge in [0.15, 0.2) is 0 Å². The molecule has 0 aliphatic carbocycles. The summed E-state index contributed by atoms with van der Waals surface area (Å²) in [4.78, 5) is 3.85. The summed E-state index contributed by atoms with van der Waals surface area (Å²) < 4.78 is 61.6. The van der Waals surface area contributed by atoms with Crippen LogP contribution in [0, 0.1) is 11.6 Å². The number of benzene rings is 1. The molecule has 0 saturated carbocycles. The van der Waals surface area contributed by atoms with Crippen molar-refractivity contribution in [2.75, 3.05) is 0 Å². The molecule has 0 aliphatic heterocycles. The van der Waals surface area contributed by atoms with Crippen LogP contribution >= 0.6 is 0 Å². The minimum absolute atomic E-state index is 0.0170. The summed E-state index contributed by atoms with van der Waals surface area (Å²) in [7, 11) is 0. The summed E-state index contributed by atoms with van der Waals surface area (Å²) in [6.45, 7) is -0.191. The van der Waals surface area contributed by atoms with Crippen molar-refractivity contribution in [3.63, 3.8) is 0 Å². The van der Waals surface area contributed by atoms with Gasteiger partial charge in [0.1, 0.15) is 29.7 Å². The Balaban J connectivity index is 1.73. The van der Waals surface area contributed by atoms with Gasteiger partial charge in [0.25, 0.3) is 5.89 Å². The molecule has 2 aromatic heterocycles. The van der Waals surface area contributed by atoms with E-state index in [1.54, 1.807) is 0 Å². The van der Waals surface area contributed by atoms with Gasteiger partial charge in [-0.1, -0.05) is 0 Å². The molecule has 124 valence electrons. The van der Waals surface area contributed by atoms with Gasteiger partial charge in [-0.3, -0.25) is 4.98 Å². The molecule has 3 rings (SSSR count).